The monoisotopic (exact) mass is 401 g/mol. The average Bonchev–Trinajstić information content (AvgIpc) is 2.66. The molecule has 0 radical (unpaired) electrons. The molecule has 0 saturated heterocycles. The van der Waals surface area contributed by atoms with Crippen LogP contribution in [-0.4, -0.2) is 10.8 Å². The molecule has 2 nitrogen and oxygen atoms in total. The molecule has 0 aliphatic rings. The van der Waals surface area contributed by atoms with Crippen LogP contribution in [0, 0.1) is 11.3 Å². The number of aromatic nitrogens is 1. The number of hydrogen-bond donors (Lipinski definition) is 0. The van der Waals surface area contributed by atoms with Crippen LogP contribution in [0.2, 0.25) is 0 Å². The number of pyridine rings is 1. The van der Waals surface area contributed by atoms with E-state index in [9.17, 15) is 9.18 Å². The highest BCUT2D eigenvalue weighted by molar-refractivity contribution is 5.83. The van der Waals surface area contributed by atoms with Gasteiger partial charge in [0.2, 0.25) is 0 Å². The summed E-state index contributed by atoms with van der Waals surface area (Å²) in [4.78, 5) is 16.5. The van der Waals surface area contributed by atoms with Gasteiger partial charge in [0.25, 0.3) is 0 Å². The molecule has 1 heterocycles. The topological polar surface area (TPSA) is 30.0 Å². The van der Waals surface area contributed by atoms with E-state index in [1.165, 1.54) is 11.6 Å². The molecule has 1 rings (SSSR count). The van der Waals surface area contributed by atoms with Crippen LogP contribution < -0.4 is 0 Å². The molecular formula is C26H40FNO. The van der Waals surface area contributed by atoms with Gasteiger partial charge in [-0.2, -0.15) is 0 Å². The van der Waals surface area contributed by atoms with E-state index in [1.807, 2.05) is 12.1 Å². The van der Waals surface area contributed by atoms with Gasteiger partial charge < -0.3 is 0 Å². The van der Waals surface area contributed by atoms with Gasteiger partial charge in [-0.1, -0.05) is 58.3 Å². The fourth-order valence-electron chi connectivity index (χ4n) is 3.61. The smallest absolute Gasteiger partial charge is 0.138 e. The second kappa shape index (κ2) is 13.5. The molecule has 0 aliphatic carbocycles. The number of ketones is 1. The Morgan fingerprint density at radius 1 is 1.21 bits per heavy atom. The first-order valence-electron chi connectivity index (χ1n) is 11.2. The minimum absolute atomic E-state index is 0.128. The SMILES string of the molecule is CCCC(C)(C)C(=O)CCC(C)CCCC(C)=CCCC(F)=Cc1ccccn1. The van der Waals surface area contributed by atoms with Gasteiger partial charge in [0.05, 0.1) is 5.69 Å². The van der Waals surface area contributed by atoms with Crippen molar-refractivity contribution in [2.75, 3.05) is 0 Å². The van der Waals surface area contributed by atoms with Crippen molar-refractivity contribution in [3.63, 3.8) is 0 Å². The van der Waals surface area contributed by atoms with Crippen molar-refractivity contribution < 1.29 is 9.18 Å². The number of carbonyl (C=O) groups is 1. The third-order valence-corrected chi connectivity index (χ3v) is 5.63. The van der Waals surface area contributed by atoms with Crippen LogP contribution in [0.15, 0.2) is 41.9 Å². The Labute approximate surface area is 177 Å². The molecule has 3 heteroatoms. The second-order valence-corrected chi connectivity index (χ2v) is 9.03. The maximum Gasteiger partial charge on any atom is 0.138 e. The predicted octanol–water partition coefficient (Wildman–Crippen LogP) is 8.10. The summed E-state index contributed by atoms with van der Waals surface area (Å²) in [7, 11) is 0. The van der Waals surface area contributed by atoms with Crippen molar-refractivity contribution in [1.29, 1.82) is 0 Å². The largest absolute Gasteiger partial charge is 0.299 e. The Morgan fingerprint density at radius 3 is 2.62 bits per heavy atom. The summed E-state index contributed by atoms with van der Waals surface area (Å²) in [6, 6.07) is 5.49. The van der Waals surface area contributed by atoms with E-state index in [0.717, 1.165) is 44.9 Å². The van der Waals surface area contributed by atoms with Crippen molar-refractivity contribution in [2.45, 2.75) is 92.4 Å². The summed E-state index contributed by atoms with van der Waals surface area (Å²) >= 11 is 0. The summed E-state index contributed by atoms with van der Waals surface area (Å²) in [6.45, 7) is 10.7. The van der Waals surface area contributed by atoms with E-state index in [4.69, 9.17) is 0 Å². The molecule has 1 unspecified atom stereocenters. The number of nitrogens with zero attached hydrogens (tertiary/aromatic N) is 1. The lowest BCUT2D eigenvalue weighted by atomic mass is 9.80. The molecule has 29 heavy (non-hydrogen) atoms. The fourth-order valence-corrected chi connectivity index (χ4v) is 3.61. The van der Waals surface area contributed by atoms with Crippen molar-refractivity contribution in [3.05, 3.63) is 47.6 Å². The minimum Gasteiger partial charge on any atom is -0.299 e. The van der Waals surface area contributed by atoms with Crippen molar-refractivity contribution in [2.24, 2.45) is 11.3 Å². The van der Waals surface area contributed by atoms with E-state index >= 15 is 0 Å². The molecule has 1 aromatic rings. The Bertz CT molecular complexity index is 661. The Hall–Kier alpha value is -1.77. The summed E-state index contributed by atoms with van der Waals surface area (Å²) in [5.41, 5.74) is 1.81. The van der Waals surface area contributed by atoms with Crippen LogP contribution in [0.4, 0.5) is 4.39 Å². The first kappa shape index (κ1) is 25.3. The standard InChI is InChI=1S/C26H40FNO/c1-6-18-26(4,5)25(29)17-16-22(3)12-9-11-21(2)13-10-14-23(27)20-24-15-7-8-19-28-24/h7-8,13,15,19-20,22H,6,9-12,14,16-18H2,1-5H3. The molecule has 1 aromatic heterocycles. The number of rotatable bonds is 14. The van der Waals surface area contributed by atoms with Crippen LogP contribution >= 0.6 is 0 Å². The minimum atomic E-state index is -0.173. The molecular weight excluding hydrogens is 361 g/mol. The van der Waals surface area contributed by atoms with E-state index in [-0.39, 0.29) is 11.2 Å². The lowest BCUT2D eigenvalue weighted by molar-refractivity contribution is -0.127. The van der Waals surface area contributed by atoms with Gasteiger partial charge in [0, 0.05) is 24.5 Å². The quantitative estimate of drug-likeness (QED) is 0.295. The van der Waals surface area contributed by atoms with Gasteiger partial charge in [0.15, 0.2) is 0 Å². The molecule has 162 valence electrons. The Kier molecular flexibility index (Phi) is 11.7. The van der Waals surface area contributed by atoms with Crippen LogP contribution in [0.3, 0.4) is 0 Å². The molecule has 0 amide bonds. The molecule has 1 atom stereocenters. The van der Waals surface area contributed by atoms with Gasteiger partial charge in [-0.05, 0) is 63.2 Å². The normalized spacial score (nSPS) is 14.1. The lowest BCUT2D eigenvalue weighted by Crippen LogP contribution is -2.24. The zero-order chi connectivity index (χ0) is 21.7. The van der Waals surface area contributed by atoms with Crippen molar-refractivity contribution in [1.82, 2.24) is 4.98 Å². The summed E-state index contributed by atoms with van der Waals surface area (Å²) in [5.74, 6) is 0.850. The van der Waals surface area contributed by atoms with Gasteiger partial charge in [-0.15, -0.1) is 0 Å². The number of carbonyl (C=O) groups excluding carboxylic acids is 1. The molecule has 0 saturated carbocycles. The molecule has 0 bridgehead atoms. The third-order valence-electron chi connectivity index (χ3n) is 5.63. The maximum atomic E-state index is 13.9. The van der Waals surface area contributed by atoms with Crippen molar-refractivity contribution in [3.8, 4) is 0 Å². The average molecular weight is 402 g/mol. The summed E-state index contributed by atoms with van der Waals surface area (Å²) in [6.07, 6.45) is 13.5. The van der Waals surface area contributed by atoms with Crippen LogP contribution in [0.1, 0.15) is 98.1 Å². The Morgan fingerprint density at radius 2 is 1.97 bits per heavy atom. The number of hydrogen-bond acceptors (Lipinski definition) is 2. The van der Waals surface area contributed by atoms with Gasteiger partial charge >= 0.3 is 0 Å². The van der Waals surface area contributed by atoms with E-state index in [1.54, 1.807) is 12.3 Å². The van der Waals surface area contributed by atoms with Crippen molar-refractivity contribution >= 4 is 11.9 Å². The second-order valence-electron chi connectivity index (χ2n) is 9.03. The fraction of sp³-hybridized carbons (Fsp3) is 0.615. The lowest BCUT2D eigenvalue weighted by Gasteiger charge is -2.23. The molecule has 0 aliphatic heterocycles. The third kappa shape index (κ3) is 11.1. The van der Waals surface area contributed by atoms with Crippen LogP contribution in [0.25, 0.3) is 6.08 Å². The van der Waals surface area contributed by atoms with E-state index < -0.39 is 0 Å². The van der Waals surface area contributed by atoms with E-state index in [2.05, 4.69) is 45.7 Å². The first-order chi connectivity index (χ1) is 13.7. The number of halogens is 1. The molecule has 0 aromatic carbocycles. The molecule has 0 N–H and O–H groups in total. The first-order valence-corrected chi connectivity index (χ1v) is 11.2. The Balaban J connectivity index is 2.24. The zero-order valence-corrected chi connectivity index (χ0v) is 19.1. The highest BCUT2D eigenvalue weighted by Gasteiger charge is 2.25. The highest BCUT2D eigenvalue weighted by Crippen LogP contribution is 2.27. The highest BCUT2D eigenvalue weighted by atomic mass is 19.1. The maximum absolute atomic E-state index is 13.9. The van der Waals surface area contributed by atoms with Gasteiger partial charge in [0.1, 0.15) is 11.6 Å². The van der Waals surface area contributed by atoms with E-state index in [0.29, 0.717) is 30.2 Å². The predicted molar refractivity (Wildman–Crippen MR) is 122 cm³/mol. The number of Topliss-reactive ketones (excluding diaryl/α,β-unsaturated/α-hetero) is 1. The zero-order valence-electron chi connectivity index (χ0n) is 19.1. The molecule has 0 fully saturated rings. The van der Waals surface area contributed by atoms with Gasteiger partial charge in [-0.25, -0.2) is 4.39 Å². The van der Waals surface area contributed by atoms with Gasteiger partial charge in [-0.3, -0.25) is 9.78 Å². The molecule has 0 spiro atoms. The van der Waals surface area contributed by atoms with Crippen LogP contribution in [-0.2, 0) is 4.79 Å². The summed E-state index contributed by atoms with van der Waals surface area (Å²) < 4.78 is 13.9. The number of allylic oxidation sites excluding steroid dienone is 3. The summed E-state index contributed by atoms with van der Waals surface area (Å²) in [5, 5.41) is 0. The van der Waals surface area contributed by atoms with Crippen LogP contribution in [0.5, 0.6) is 0 Å².